The van der Waals surface area contributed by atoms with Crippen molar-refractivity contribution >= 4 is 23.4 Å². The number of benzene rings is 1. The van der Waals surface area contributed by atoms with Crippen molar-refractivity contribution < 1.29 is 14.1 Å². The average Bonchev–Trinajstić information content (AvgIpc) is 3.19. The Bertz CT molecular complexity index is 842. The number of rotatable bonds is 5. The monoisotopic (exact) mass is 339 g/mol. The van der Waals surface area contributed by atoms with Crippen molar-refractivity contribution in [1.82, 2.24) is 5.16 Å². The summed E-state index contributed by atoms with van der Waals surface area (Å²) in [6.07, 6.45) is 3.21. The van der Waals surface area contributed by atoms with Crippen molar-refractivity contribution in [3.8, 4) is 10.4 Å². The molecule has 0 N–H and O–H groups in total. The van der Waals surface area contributed by atoms with Crippen molar-refractivity contribution in [2.75, 3.05) is 0 Å². The van der Waals surface area contributed by atoms with Crippen molar-refractivity contribution in [3.63, 3.8) is 0 Å². The highest BCUT2D eigenvalue weighted by molar-refractivity contribution is 7.16. The van der Waals surface area contributed by atoms with Crippen LogP contribution in [0.2, 0.25) is 0 Å². The zero-order valence-electron chi connectivity index (χ0n) is 13.5. The number of aromatic nitrogens is 1. The van der Waals surface area contributed by atoms with Gasteiger partial charge in [0.05, 0.1) is 11.3 Å². The van der Waals surface area contributed by atoms with Gasteiger partial charge in [-0.1, -0.05) is 35.5 Å². The van der Waals surface area contributed by atoms with Gasteiger partial charge in [0, 0.05) is 15.8 Å². The third-order valence-corrected chi connectivity index (χ3v) is 4.71. The van der Waals surface area contributed by atoms with Crippen LogP contribution in [0.3, 0.4) is 0 Å². The van der Waals surface area contributed by atoms with Gasteiger partial charge in [-0.2, -0.15) is 0 Å². The van der Waals surface area contributed by atoms with E-state index in [-0.39, 0.29) is 12.6 Å². The van der Waals surface area contributed by atoms with Crippen LogP contribution >= 0.6 is 11.3 Å². The van der Waals surface area contributed by atoms with Crippen LogP contribution in [-0.2, 0) is 16.1 Å². The van der Waals surface area contributed by atoms with Crippen LogP contribution < -0.4 is 0 Å². The molecule has 4 nitrogen and oxygen atoms in total. The maximum Gasteiger partial charge on any atom is 0.331 e. The van der Waals surface area contributed by atoms with Crippen molar-refractivity contribution in [3.05, 3.63) is 70.4 Å². The quantitative estimate of drug-likeness (QED) is 0.496. The van der Waals surface area contributed by atoms with E-state index in [2.05, 4.69) is 23.4 Å². The van der Waals surface area contributed by atoms with Crippen molar-refractivity contribution in [2.45, 2.75) is 20.5 Å². The van der Waals surface area contributed by atoms with Gasteiger partial charge in [0.25, 0.3) is 0 Å². The van der Waals surface area contributed by atoms with Gasteiger partial charge in [-0.15, -0.1) is 11.3 Å². The Morgan fingerprint density at radius 2 is 2.00 bits per heavy atom. The minimum absolute atomic E-state index is 0.171. The number of hydrogen-bond acceptors (Lipinski definition) is 5. The molecule has 0 atom stereocenters. The van der Waals surface area contributed by atoms with Crippen LogP contribution in [0.15, 0.2) is 53.1 Å². The summed E-state index contributed by atoms with van der Waals surface area (Å²) in [6.45, 7) is 3.80. The van der Waals surface area contributed by atoms with E-state index in [1.54, 1.807) is 24.3 Å². The van der Waals surface area contributed by atoms with E-state index in [0.29, 0.717) is 5.76 Å². The molecule has 0 aliphatic heterocycles. The summed E-state index contributed by atoms with van der Waals surface area (Å²) in [6, 6.07) is 14.2. The fourth-order valence-corrected chi connectivity index (χ4v) is 3.17. The third kappa shape index (κ3) is 3.81. The number of esters is 1. The first-order valence-corrected chi connectivity index (χ1v) is 8.37. The minimum Gasteiger partial charge on any atom is -0.457 e. The standard InChI is InChI=1S/C19H17NO3S/c1-13-17(14(2)23-20-13)12-22-19(21)11-9-16-8-10-18(24-16)15-6-4-3-5-7-15/h3-11H,12H2,1-2H3/b11-9+. The Morgan fingerprint density at radius 1 is 1.21 bits per heavy atom. The minimum atomic E-state index is -0.385. The van der Waals surface area contributed by atoms with Crippen LogP contribution in [0.25, 0.3) is 16.5 Å². The summed E-state index contributed by atoms with van der Waals surface area (Å²) in [5.41, 5.74) is 2.73. The number of aryl methyl sites for hydroxylation is 2. The highest BCUT2D eigenvalue weighted by atomic mass is 32.1. The first-order valence-electron chi connectivity index (χ1n) is 7.55. The molecule has 2 heterocycles. The molecule has 24 heavy (non-hydrogen) atoms. The lowest BCUT2D eigenvalue weighted by Crippen LogP contribution is -2.01. The Labute approximate surface area is 144 Å². The molecule has 0 saturated carbocycles. The number of carbonyl (C=O) groups excluding carboxylic acids is 1. The third-order valence-electron chi connectivity index (χ3n) is 3.61. The molecule has 5 heteroatoms. The van der Waals surface area contributed by atoms with Gasteiger partial charge in [0.2, 0.25) is 0 Å². The molecule has 1 aromatic carbocycles. The lowest BCUT2D eigenvalue weighted by molar-refractivity contribution is -0.138. The number of thiophene rings is 1. The first kappa shape index (κ1) is 16.2. The number of hydrogen-bond donors (Lipinski definition) is 0. The van der Waals surface area contributed by atoms with E-state index in [4.69, 9.17) is 9.26 Å². The molecule has 0 fully saturated rings. The SMILES string of the molecule is Cc1noc(C)c1COC(=O)/C=C/c1ccc(-c2ccccc2)s1. The zero-order valence-corrected chi connectivity index (χ0v) is 14.3. The molecule has 0 unspecified atom stereocenters. The summed E-state index contributed by atoms with van der Waals surface area (Å²) in [7, 11) is 0. The summed E-state index contributed by atoms with van der Waals surface area (Å²) in [5.74, 6) is 0.291. The van der Waals surface area contributed by atoms with E-state index in [9.17, 15) is 4.79 Å². The summed E-state index contributed by atoms with van der Waals surface area (Å²) < 4.78 is 10.3. The van der Waals surface area contributed by atoms with Gasteiger partial charge in [0.15, 0.2) is 0 Å². The summed E-state index contributed by atoms with van der Waals surface area (Å²) in [5, 5.41) is 3.84. The summed E-state index contributed by atoms with van der Waals surface area (Å²) in [4.78, 5) is 14.0. The molecular formula is C19H17NO3S. The molecule has 0 aliphatic rings. The topological polar surface area (TPSA) is 52.3 Å². The van der Waals surface area contributed by atoms with Crippen LogP contribution in [0.1, 0.15) is 21.9 Å². The number of ether oxygens (including phenoxy) is 1. The predicted molar refractivity (Wildman–Crippen MR) is 94.6 cm³/mol. The predicted octanol–water partition coefficient (Wildman–Crippen LogP) is 4.78. The van der Waals surface area contributed by atoms with E-state index in [0.717, 1.165) is 16.1 Å². The second kappa shape index (κ2) is 7.27. The van der Waals surface area contributed by atoms with E-state index in [1.807, 2.05) is 31.2 Å². The Hall–Kier alpha value is -2.66. The molecule has 3 aromatic rings. The Balaban J connectivity index is 1.60. The molecule has 2 aromatic heterocycles. The van der Waals surface area contributed by atoms with Gasteiger partial charge < -0.3 is 9.26 Å². The lowest BCUT2D eigenvalue weighted by atomic mass is 10.2. The number of nitrogens with zero attached hydrogens (tertiary/aromatic N) is 1. The van der Waals surface area contributed by atoms with E-state index in [1.165, 1.54) is 16.5 Å². The van der Waals surface area contributed by atoms with Gasteiger partial charge in [-0.05, 0) is 37.6 Å². The number of carbonyl (C=O) groups is 1. The van der Waals surface area contributed by atoms with Crippen LogP contribution in [0.5, 0.6) is 0 Å². The first-order chi connectivity index (χ1) is 11.6. The molecule has 0 saturated heterocycles. The lowest BCUT2D eigenvalue weighted by Gasteiger charge is -2.00. The Morgan fingerprint density at radius 3 is 2.71 bits per heavy atom. The molecular weight excluding hydrogens is 322 g/mol. The van der Waals surface area contributed by atoms with Crippen LogP contribution in [0, 0.1) is 13.8 Å². The van der Waals surface area contributed by atoms with Crippen LogP contribution in [0.4, 0.5) is 0 Å². The molecule has 122 valence electrons. The van der Waals surface area contributed by atoms with Crippen molar-refractivity contribution in [2.24, 2.45) is 0 Å². The maximum absolute atomic E-state index is 11.9. The highest BCUT2D eigenvalue weighted by Crippen LogP contribution is 2.28. The molecule has 3 rings (SSSR count). The maximum atomic E-state index is 11.9. The molecule has 0 bridgehead atoms. The summed E-state index contributed by atoms with van der Waals surface area (Å²) >= 11 is 1.63. The molecule has 0 aliphatic carbocycles. The van der Waals surface area contributed by atoms with Gasteiger partial charge in [-0.3, -0.25) is 0 Å². The largest absolute Gasteiger partial charge is 0.457 e. The van der Waals surface area contributed by atoms with Crippen molar-refractivity contribution in [1.29, 1.82) is 0 Å². The highest BCUT2D eigenvalue weighted by Gasteiger charge is 2.10. The van der Waals surface area contributed by atoms with Gasteiger partial charge >= 0.3 is 5.97 Å². The van der Waals surface area contributed by atoms with Gasteiger partial charge in [-0.25, -0.2) is 4.79 Å². The smallest absolute Gasteiger partial charge is 0.331 e. The Kier molecular flexibility index (Phi) is 4.91. The zero-order chi connectivity index (χ0) is 16.9. The van der Waals surface area contributed by atoms with E-state index < -0.39 is 0 Å². The molecule has 0 amide bonds. The molecule has 0 spiro atoms. The second-order valence-corrected chi connectivity index (χ2v) is 6.43. The van der Waals surface area contributed by atoms with Crippen LogP contribution in [-0.4, -0.2) is 11.1 Å². The fourth-order valence-electron chi connectivity index (χ4n) is 2.25. The van der Waals surface area contributed by atoms with Gasteiger partial charge in [0.1, 0.15) is 12.4 Å². The average molecular weight is 339 g/mol. The van der Waals surface area contributed by atoms with E-state index >= 15 is 0 Å². The fraction of sp³-hybridized carbons (Fsp3) is 0.158. The molecule has 0 radical (unpaired) electrons. The normalized spacial score (nSPS) is 11.1. The second-order valence-electron chi connectivity index (χ2n) is 5.31.